The number of imide groups is 1. The standard InChI is InChI=1S/C25H23N5O3S/c31-23-21-14-28(24(32)27-19-7-4-9-26-22(19)17-8-12-34-15-17)10-11-29(21)25(33)30(23)20-13-18(20)16-5-2-1-3-6-16/h1-9,12,15,18,20-21H,10-11,13-14H2,(H,27,32)/t18-,20+,21+/m1/s1. The summed E-state index contributed by atoms with van der Waals surface area (Å²) in [5.41, 5.74) is 3.41. The number of carbonyl (C=O) groups is 3. The summed E-state index contributed by atoms with van der Waals surface area (Å²) in [5.74, 6) is -0.0118. The maximum atomic E-state index is 13.2. The molecule has 3 fully saturated rings. The highest BCUT2D eigenvalue weighted by molar-refractivity contribution is 7.08. The first kappa shape index (κ1) is 20.9. The van der Waals surface area contributed by atoms with E-state index in [9.17, 15) is 14.4 Å². The van der Waals surface area contributed by atoms with Gasteiger partial charge in [-0.15, -0.1) is 0 Å². The molecule has 1 aliphatic carbocycles. The summed E-state index contributed by atoms with van der Waals surface area (Å²) in [5, 5.41) is 6.89. The number of anilines is 1. The molecule has 9 heteroatoms. The largest absolute Gasteiger partial charge is 0.327 e. The molecule has 2 saturated heterocycles. The fraction of sp³-hybridized carbons (Fsp3) is 0.280. The Kier molecular flexibility index (Phi) is 5.06. The second-order valence-electron chi connectivity index (χ2n) is 8.81. The van der Waals surface area contributed by atoms with Gasteiger partial charge in [0.25, 0.3) is 5.91 Å². The van der Waals surface area contributed by atoms with Crippen molar-refractivity contribution in [3.05, 3.63) is 71.1 Å². The number of amides is 5. The van der Waals surface area contributed by atoms with Crippen LogP contribution >= 0.6 is 11.3 Å². The second-order valence-corrected chi connectivity index (χ2v) is 9.59. The minimum Gasteiger partial charge on any atom is -0.320 e. The van der Waals surface area contributed by atoms with Crippen LogP contribution in [0.4, 0.5) is 15.3 Å². The molecule has 3 atom stereocenters. The van der Waals surface area contributed by atoms with Crippen molar-refractivity contribution in [2.75, 3.05) is 25.0 Å². The first-order chi connectivity index (χ1) is 16.6. The number of urea groups is 2. The molecule has 34 heavy (non-hydrogen) atoms. The highest BCUT2D eigenvalue weighted by Crippen LogP contribution is 2.46. The van der Waals surface area contributed by atoms with Crippen molar-refractivity contribution >= 4 is 35.0 Å². The van der Waals surface area contributed by atoms with Crippen LogP contribution in [-0.2, 0) is 4.79 Å². The Hall–Kier alpha value is -3.72. The molecule has 2 aromatic heterocycles. The van der Waals surface area contributed by atoms with Crippen molar-refractivity contribution in [2.45, 2.75) is 24.4 Å². The van der Waals surface area contributed by atoms with Crippen LogP contribution in [0.2, 0.25) is 0 Å². The van der Waals surface area contributed by atoms with Crippen LogP contribution in [0.1, 0.15) is 17.9 Å². The summed E-state index contributed by atoms with van der Waals surface area (Å²) in [6.45, 7) is 0.895. The molecule has 2 aliphatic heterocycles. The van der Waals surface area contributed by atoms with Crippen LogP contribution in [0.15, 0.2) is 65.5 Å². The molecule has 3 aromatic rings. The lowest BCUT2D eigenvalue weighted by molar-refractivity contribution is -0.129. The quantitative estimate of drug-likeness (QED) is 0.584. The number of aromatic nitrogens is 1. The third kappa shape index (κ3) is 3.52. The highest BCUT2D eigenvalue weighted by atomic mass is 32.1. The van der Waals surface area contributed by atoms with Crippen molar-refractivity contribution in [2.24, 2.45) is 0 Å². The number of nitrogens with zero attached hydrogens (tertiary/aromatic N) is 4. The van der Waals surface area contributed by atoms with E-state index in [1.165, 1.54) is 4.90 Å². The average molecular weight is 474 g/mol. The number of piperazine rings is 1. The number of pyridine rings is 1. The zero-order valence-electron chi connectivity index (χ0n) is 18.3. The third-order valence-electron chi connectivity index (χ3n) is 6.80. The first-order valence-electron chi connectivity index (χ1n) is 11.3. The van der Waals surface area contributed by atoms with Crippen molar-refractivity contribution in [3.8, 4) is 11.3 Å². The lowest BCUT2D eigenvalue weighted by Crippen LogP contribution is -2.55. The molecule has 172 valence electrons. The minimum absolute atomic E-state index is 0.0983. The highest BCUT2D eigenvalue weighted by Gasteiger charge is 2.56. The zero-order chi connectivity index (χ0) is 23.2. The number of benzene rings is 1. The summed E-state index contributed by atoms with van der Waals surface area (Å²) in [4.78, 5) is 48.5. The van der Waals surface area contributed by atoms with Gasteiger partial charge >= 0.3 is 12.1 Å². The van der Waals surface area contributed by atoms with Gasteiger partial charge in [-0.3, -0.25) is 14.7 Å². The minimum atomic E-state index is -0.630. The number of thiophene rings is 1. The van der Waals surface area contributed by atoms with Crippen LogP contribution in [0.25, 0.3) is 11.3 Å². The smallest absolute Gasteiger partial charge is 0.320 e. The van der Waals surface area contributed by atoms with E-state index in [0.29, 0.717) is 24.5 Å². The fourth-order valence-corrected chi connectivity index (χ4v) is 5.60. The molecule has 1 saturated carbocycles. The Labute approximate surface area is 200 Å². The molecule has 1 aromatic carbocycles. The Morgan fingerprint density at radius 3 is 2.71 bits per heavy atom. The van der Waals surface area contributed by atoms with Crippen molar-refractivity contribution < 1.29 is 14.4 Å². The van der Waals surface area contributed by atoms with E-state index in [0.717, 1.165) is 17.5 Å². The molecule has 0 spiro atoms. The van der Waals surface area contributed by atoms with Crippen molar-refractivity contribution in [1.82, 2.24) is 19.7 Å². The predicted molar refractivity (Wildman–Crippen MR) is 128 cm³/mol. The molecular weight excluding hydrogens is 450 g/mol. The van der Waals surface area contributed by atoms with Gasteiger partial charge in [0, 0.05) is 42.2 Å². The Bertz CT molecular complexity index is 1250. The van der Waals surface area contributed by atoms with Crippen LogP contribution in [0.3, 0.4) is 0 Å². The topological polar surface area (TPSA) is 85.8 Å². The molecule has 3 aliphatic rings. The molecule has 4 heterocycles. The molecule has 8 nitrogen and oxygen atoms in total. The number of rotatable bonds is 4. The van der Waals surface area contributed by atoms with Crippen LogP contribution in [-0.4, -0.2) is 69.4 Å². The average Bonchev–Trinajstić information content (AvgIpc) is 3.36. The van der Waals surface area contributed by atoms with E-state index in [2.05, 4.69) is 10.3 Å². The van der Waals surface area contributed by atoms with E-state index in [-0.39, 0.29) is 36.5 Å². The van der Waals surface area contributed by atoms with E-state index < -0.39 is 6.04 Å². The van der Waals surface area contributed by atoms with Gasteiger partial charge in [0.1, 0.15) is 6.04 Å². The molecule has 0 bridgehead atoms. The monoisotopic (exact) mass is 473 g/mol. The first-order valence-corrected chi connectivity index (χ1v) is 12.3. The Morgan fingerprint density at radius 1 is 1.06 bits per heavy atom. The lowest BCUT2D eigenvalue weighted by atomic mass is 10.1. The number of nitrogens with one attached hydrogen (secondary N) is 1. The molecule has 0 radical (unpaired) electrons. The van der Waals surface area contributed by atoms with Gasteiger partial charge in [-0.05, 0) is 35.6 Å². The number of fused-ring (bicyclic) bond motifs is 1. The number of carbonyl (C=O) groups excluding carboxylic acids is 3. The van der Waals surface area contributed by atoms with Crippen LogP contribution in [0, 0.1) is 0 Å². The molecule has 5 amide bonds. The van der Waals surface area contributed by atoms with Gasteiger partial charge in [-0.25, -0.2) is 9.59 Å². The normalized spacial score (nSPS) is 23.8. The second kappa shape index (κ2) is 8.25. The van der Waals surface area contributed by atoms with E-state index in [4.69, 9.17) is 0 Å². The van der Waals surface area contributed by atoms with Crippen molar-refractivity contribution in [1.29, 1.82) is 0 Å². The van der Waals surface area contributed by atoms with Crippen molar-refractivity contribution in [3.63, 3.8) is 0 Å². The molecule has 1 N–H and O–H groups in total. The third-order valence-corrected chi connectivity index (χ3v) is 7.49. The summed E-state index contributed by atoms with van der Waals surface area (Å²) in [6.07, 6.45) is 2.48. The summed E-state index contributed by atoms with van der Waals surface area (Å²) >= 11 is 1.56. The van der Waals surface area contributed by atoms with Gasteiger partial charge in [0.2, 0.25) is 0 Å². The Balaban J connectivity index is 1.15. The predicted octanol–water partition coefficient (Wildman–Crippen LogP) is 3.85. The Morgan fingerprint density at radius 2 is 1.91 bits per heavy atom. The van der Waals surface area contributed by atoms with Crippen LogP contribution < -0.4 is 5.32 Å². The van der Waals surface area contributed by atoms with E-state index in [1.54, 1.807) is 33.4 Å². The van der Waals surface area contributed by atoms with Gasteiger partial charge < -0.3 is 15.1 Å². The number of hydrogen-bond acceptors (Lipinski definition) is 5. The molecular formula is C25H23N5O3S. The van der Waals surface area contributed by atoms with Crippen LogP contribution in [0.5, 0.6) is 0 Å². The fourth-order valence-electron chi connectivity index (χ4n) is 4.96. The van der Waals surface area contributed by atoms with Gasteiger partial charge in [0.05, 0.1) is 17.9 Å². The molecule has 6 rings (SSSR count). The van der Waals surface area contributed by atoms with E-state index in [1.807, 2.05) is 53.2 Å². The summed E-state index contributed by atoms with van der Waals surface area (Å²) in [6, 6.07) is 14.3. The maximum Gasteiger partial charge on any atom is 0.327 e. The molecule has 0 unspecified atom stereocenters. The summed E-state index contributed by atoms with van der Waals surface area (Å²) in [7, 11) is 0. The van der Waals surface area contributed by atoms with Gasteiger partial charge in [-0.2, -0.15) is 11.3 Å². The number of hydrogen-bond donors (Lipinski definition) is 1. The summed E-state index contributed by atoms with van der Waals surface area (Å²) < 4.78 is 0. The maximum absolute atomic E-state index is 13.2. The lowest BCUT2D eigenvalue weighted by Gasteiger charge is -2.35. The van der Waals surface area contributed by atoms with Gasteiger partial charge in [-0.1, -0.05) is 30.3 Å². The zero-order valence-corrected chi connectivity index (χ0v) is 19.1. The van der Waals surface area contributed by atoms with E-state index >= 15 is 0 Å². The SMILES string of the molecule is O=C(Nc1cccnc1-c1ccsc1)N1CCN2C(=O)N([C@H]3C[C@@H]3c3ccccc3)C(=O)[C@@H]2C1. The van der Waals surface area contributed by atoms with Gasteiger partial charge in [0.15, 0.2) is 0 Å².